The summed E-state index contributed by atoms with van der Waals surface area (Å²) >= 11 is 0. The molecule has 3 heterocycles. The van der Waals surface area contributed by atoms with Gasteiger partial charge in [0, 0.05) is 43.3 Å². The van der Waals surface area contributed by atoms with Crippen molar-refractivity contribution in [1.82, 2.24) is 14.9 Å². The SMILES string of the molecule is CC1CCCCC1(CCN1CCN(c2cc3ccccc3[nH]2)CC1)C(=O)Nc1ccccn1. The van der Waals surface area contributed by atoms with Crippen LogP contribution in [0.3, 0.4) is 0 Å². The lowest BCUT2D eigenvalue weighted by molar-refractivity contribution is -0.131. The molecule has 6 heteroatoms. The maximum absolute atomic E-state index is 13.5. The Morgan fingerprint density at radius 3 is 2.70 bits per heavy atom. The van der Waals surface area contributed by atoms with Crippen molar-refractivity contribution in [1.29, 1.82) is 0 Å². The molecule has 0 bridgehead atoms. The number of fused-ring (bicyclic) bond motifs is 1. The fourth-order valence-corrected chi connectivity index (χ4v) is 5.71. The number of H-pyrrole nitrogens is 1. The van der Waals surface area contributed by atoms with Crippen molar-refractivity contribution in [2.45, 2.75) is 39.0 Å². The van der Waals surface area contributed by atoms with E-state index in [1.807, 2.05) is 18.2 Å². The number of carbonyl (C=O) groups excluding carboxylic acids is 1. The Kier molecular flexibility index (Phi) is 6.36. The molecule has 1 aromatic carbocycles. The van der Waals surface area contributed by atoms with Crippen LogP contribution in [0.15, 0.2) is 54.7 Å². The third-order valence-corrected chi connectivity index (χ3v) is 7.91. The van der Waals surface area contributed by atoms with Crippen LogP contribution in [0.2, 0.25) is 0 Å². The summed E-state index contributed by atoms with van der Waals surface area (Å²) in [6.07, 6.45) is 7.11. The molecule has 2 fully saturated rings. The fourth-order valence-electron chi connectivity index (χ4n) is 5.71. The van der Waals surface area contributed by atoms with Gasteiger partial charge in [-0.1, -0.05) is 44.0 Å². The molecule has 6 nitrogen and oxygen atoms in total. The fraction of sp³-hybridized carbons (Fsp3) is 0.481. The van der Waals surface area contributed by atoms with E-state index in [1.165, 1.54) is 23.1 Å². The summed E-state index contributed by atoms with van der Waals surface area (Å²) in [6, 6.07) is 16.4. The number of pyridine rings is 1. The highest BCUT2D eigenvalue weighted by Crippen LogP contribution is 2.45. The van der Waals surface area contributed by atoms with Gasteiger partial charge in [-0.05, 0) is 56.0 Å². The Hall–Kier alpha value is -2.86. The molecule has 2 unspecified atom stereocenters. The predicted molar refractivity (Wildman–Crippen MR) is 135 cm³/mol. The van der Waals surface area contributed by atoms with Gasteiger partial charge in [0.2, 0.25) is 5.91 Å². The van der Waals surface area contributed by atoms with Gasteiger partial charge in [-0.3, -0.25) is 9.69 Å². The maximum Gasteiger partial charge on any atom is 0.232 e. The number of benzene rings is 1. The Labute approximate surface area is 196 Å². The minimum Gasteiger partial charge on any atom is -0.356 e. The van der Waals surface area contributed by atoms with Gasteiger partial charge in [0.1, 0.15) is 11.6 Å². The third-order valence-electron chi connectivity index (χ3n) is 7.91. The molecule has 2 atom stereocenters. The summed E-state index contributed by atoms with van der Waals surface area (Å²) in [5, 5.41) is 4.40. The lowest BCUT2D eigenvalue weighted by Crippen LogP contribution is -2.50. The summed E-state index contributed by atoms with van der Waals surface area (Å²) in [5.74, 6) is 2.42. The largest absolute Gasteiger partial charge is 0.356 e. The van der Waals surface area contributed by atoms with Crippen LogP contribution in [0.4, 0.5) is 11.6 Å². The maximum atomic E-state index is 13.5. The van der Waals surface area contributed by atoms with Crippen molar-refractivity contribution in [3.63, 3.8) is 0 Å². The molecule has 3 aromatic rings. The van der Waals surface area contributed by atoms with E-state index in [1.54, 1.807) is 6.20 Å². The van der Waals surface area contributed by atoms with Gasteiger partial charge in [0.15, 0.2) is 0 Å². The standard InChI is InChI=1S/C27H35N5O/c1-21-8-4-6-12-27(21,26(33)30-24-11-5-7-14-28-24)13-15-31-16-18-32(19-17-31)25-20-22-9-2-3-10-23(22)29-25/h2-3,5,7,9-11,14,20-21,29H,4,6,8,12-13,15-19H2,1H3,(H,28,30,33). The van der Waals surface area contributed by atoms with Crippen molar-refractivity contribution in [3.05, 3.63) is 54.7 Å². The molecule has 33 heavy (non-hydrogen) atoms. The lowest BCUT2D eigenvalue weighted by Gasteiger charge is -2.43. The second-order valence-corrected chi connectivity index (χ2v) is 9.79. The topological polar surface area (TPSA) is 64.3 Å². The normalized spacial score (nSPS) is 24.2. The number of nitrogens with zero attached hydrogens (tertiary/aromatic N) is 3. The van der Waals surface area contributed by atoms with E-state index >= 15 is 0 Å². The van der Waals surface area contributed by atoms with Gasteiger partial charge in [-0.2, -0.15) is 0 Å². The number of aromatic amines is 1. The van der Waals surface area contributed by atoms with Gasteiger partial charge in [-0.15, -0.1) is 0 Å². The molecule has 1 saturated heterocycles. The molecule has 2 aliphatic rings. The summed E-state index contributed by atoms with van der Waals surface area (Å²) in [6.45, 7) is 7.32. The Balaban J connectivity index is 1.21. The number of hydrogen-bond acceptors (Lipinski definition) is 4. The highest BCUT2D eigenvalue weighted by atomic mass is 16.2. The molecule has 2 N–H and O–H groups in total. The van der Waals surface area contributed by atoms with Crippen LogP contribution in [0.1, 0.15) is 39.0 Å². The first-order chi connectivity index (χ1) is 16.1. The van der Waals surface area contributed by atoms with E-state index in [4.69, 9.17) is 0 Å². The summed E-state index contributed by atoms with van der Waals surface area (Å²) in [5.41, 5.74) is 0.895. The minimum atomic E-state index is -0.302. The van der Waals surface area contributed by atoms with Crippen molar-refractivity contribution < 1.29 is 4.79 Å². The number of rotatable bonds is 6. The van der Waals surface area contributed by atoms with Gasteiger partial charge >= 0.3 is 0 Å². The van der Waals surface area contributed by atoms with Crippen LogP contribution in [-0.4, -0.2) is 53.5 Å². The third kappa shape index (κ3) is 4.62. The molecule has 174 valence electrons. The van der Waals surface area contributed by atoms with Crippen LogP contribution in [0, 0.1) is 11.3 Å². The zero-order valence-corrected chi connectivity index (χ0v) is 19.6. The summed E-state index contributed by atoms with van der Waals surface area (Å²) < 4.78 is 0. The monoisotopic (exact) mass is 445 g/mol. The number of amides is 1. The van der Waals surface area contributed by atoms with Gasteiger partial charge in [0.05, 0.1) is 5.41 Å². The molecule has 1 amide bonds. The molecule has 0 spiro atoms. The minimum absolute atomic E-state index is 0.158. The number of carbonyl (C=O) groups is 1. The van der Waals surface area contributed by atoms with Gasteiger partial charge < -0.3 is 15.2 Å². The van der Waals surface area contributed by atoms with Crippen LogP contribution >= 0.6 is 0 Å². The zero-order chi connectivity index (χ0) is 22.7. The van der Waals surface area contributed by atoms with Crippen molar-refractivity contribution in [3.8, 4) is 0 Å². The molecule has 0 radical (unpaired) electrons. The van der Waals surface area contributed by atoms with E-state index in [0.717, 1.165) is 58.4 Å². The quantitative estimate of drug-likeness (QED) is 0.566. The average Bonchev–Trinajstić information content (AvgIpc) is 3.29. The second-order valence-electron chi connectivity index (χ2n) is 9.79. The van der Waals surface area contributed by atoms with Crippen LogP contribution in [0.5, 0.6) is 0 Å². The summed E-state index contributed by atoms with van der Waals surface area (Å²) in [4.78, 5) is 26.4. The lowest BCUT2D eigenvalue weighted by atomic mass is 9.64. The van der Waals surface area contributed by atoms with E-state index in [0.29, 0.717) is 11.7 Å². The van der Waals surface area contributed by atoms with Crippen LogP contribution < -0.4 is 10.2 Å². The molecule has 2 aromatic heterocycles. The number of piperazine rings is 1. The Bertz CT molecular complexity index is 1040. The van der Waals surface area contributed by atoms with Gasteiger partial charge in [0.25, 0.3) is 0 Å². The number of anilines is 2. The van der Waals surface area contributed by atoms with Crippen molar-refractivity contribution in [2.75, 3.05) is 42.9 Å². The number of para-hydroxylation sites is 1. The van der Waals surface area contributed by atoms with E-state index in [-0.39, 0.29) is 11.3 Å². The Morgan fingerprint density at radius 1 is 1.12 bits per heavy atom. The molecular formula is C27H35N5O. The molecule has 1 aliphatic heterocycles. The number of nitrogens with one attached hydrogen (secondary N) is 2. The molecule has 1 aliphatic carbocycles. The van der Waals surface area contributed by atoms with Crippen LogP contribution in [-0.2, 0) is 4.79 Å². The number of hydrogen-bond donors (Lipinski definition) is 2. The zero-order valence-electron chi connectivity index (χ0n) is 19.6. The van der Waals surface area contributed by atoms with E-state index < -0.39 is 0 Å². The molecular weight excluding hydrogens is 410 g/mol. The highest BCUT2D eigenvalue weighted by molar-refractivity contribution is 5.94. The van der Waals surface area contributed by atoms with Crippen LogP contribution in [0.25, 0.3) is 10.9 Å². The first-order valence-corrected chi connectivity index (χ1v) is 12.4. The highest BCUT2D eigenvalue weighted by Gasteiger charge is 2.44. The number of aromatic nitrogens is 2. The Morgan fingerprint density at radius 2 is 1.94 bits per heavy atom. The second kappa shape index (κ2) is 9.56. The van der Waals surface area contributed by atoms with E-state index in [9.17, 15) is 4.79 Å². The molecule has 5 rings (SSSR count). The van der Waals surface area contributed by atoms with Crippen molar-refractivity contribution >= 4 is 28.4 Å². The average molecular weight is 446 g/mol. The van der Waals surface area contributed by atoms with Gasteiger partial charge in [-0.25, -0.2) is 4.98 Å². The predicted octanol–water partition coefficient (Wildman–Crippen LogP) is 4.91. The summed E-state index contributed by atoms with van der Waals surface area (Å²) in [7, 11) is 0. The van der Waals surface area contributed by atoms with Crippen molar-refractivity contribution in [2.24, 2.45) is 11.3 Å². The van der Waals surface area contributed by atoms with E-state index in [2.05, 4.69) is 62.3 Å². The molecule has 1 saturated carbocycles. The smallest absolute Gasteiger partial charge is 0.232 e. The first-order valence-electron chi connectivity index (χ1n) is 12.4. The first kappa shape index (κ1) is 22.0.